The molecule has 0 aliphatic rings. The SMILES string of the molecule is CCc1ccc(-c2c(C(C)=O)c(C)nc3sc(C(=O)c4c([O-])on[n+]4-c4ccc(C)cc4)c(N)c23)cc1. The molecule has 2 N–H and O–H groups in total. The van der Waals surface area contributed by atoms with E-state index in [0.717, 1.165) is 34.4 Å². The lowest BCUT2D eigenvalue weighted by atomic mass is 9.92. The summed E-state index contributed by atoms with van der Waals surface area (Å²) in [6, 6.07) is 15.1. The number of carbonyl (C=O) groups excluding carboxylic acids is 2. The monoisotopic (exact) mass is 512 g/mol. The van der Waals surface area contributed by atoms with Crippen LogP contribution < -0.4 is 15.5 Å². The Hall–Kier alpha value is -4.37. The second-order valence-corrected chi connectivity index (χ2v) is 9.86. The Morgan fingerprint density at radius 2 is 1.76 bits per heavy atom. The van der Waals surface area contributed by atoms with Gasteiger partial charge in [0.25, 0.3) is 5.78 Å². The first-order valence-corrected chi connectivity index (χ1v) is 12.6. The molecular formula is C28H24N4O4S. The largest absolute Gasteiger partial charge is 0.539 e. The van der Waals surface area contributed by atoms with Crippen molar-refractivity contribution in [1.29, 1.82) is 0 Å². The summed E-state index contributed by atoms with van der Waals surface area (Å²) in [5, 5.41) is 16.9. The van der Waals surface area contributed by atoms with E-state index < -0.39 is 11.7 Å². The Bertz CT molecular complexity index is 1680. The molecule has 37 heavy (non-hydrogen) atoms. The van der Waals surface area contributed by atoms with Gasteiger partial charge in [0.1, 0.15) is 9.71 Å². The maximum absolute atomic E-state index is 13.7. The highest BCUT2D eigenvalue weighted by Crippen LogP contribution is 2.43. The van der Waals surface area contributed by atoms with E-state index in [9.17, 15) is 14.7 Å². The van der Waals surface area contributed by atoms with Crippen LogP contribution in [0.1, 0.15) is 56.4 Å². The third kappa shape index (κ3) is 4.07. The van der Waals surface area contributed by atoms with Gasteiger partial charge in [-0.15, -0.1) is 11.3 Å². The molecule has 0 saturated carbocycles. The summed E-state index contributed by atoms with van der Waals surface area (Å²) in [5.74, 6) is -1.65. The molecule has 3 heterocycles. The molecular weight excluding hydrogens is 488 g/mol. The minimum atomic E-state index is -0.869. The van der Waals surface area contributed by atoms with E-state index in [0.29, 0.717) is 32.7 Å². The van der Waals surface area contributed by atoms with Gasteiger partial charge in [-0.05, 0) is 43.0 Å². The summed E-state index contributed by atoms with van der Waals surface area (Å²) in [7, 11) is 0. The number of ketones is 2. The number of hydrogen-bond acceptors (Lipinski definition) is 8. The number of benzene rings is 2. The van der Waals surface area contributed by atoms with Crippen LogP contribution in [0.2, 0.25) is 0 Å². The highest BCUT2D eigenvalue weighted by Gasteiger charge is 2.33. The molecule has 8 nitrogen and oxygen atoms in total. The number of fused-ring (bicyclic) bond motifs is 1. The van der Waals surface area contributed by atoms with Crippen molar-refractivity contribution in [2.24, 2.45) is 0 Å². The molecule has 0 unspecified atom stereocenters. The van der Waals surface area contributed by atoms with Crippen molar-refractivity contribution in [1.82, 2.24) is 10.3 Å². The second kappa shape index (κ2) is 9.25. The van der Waals surface area contributed by atoms with Gasteiger partial charge in [0.15, 0.2) is 11.7 Å². The maximum atomic E-state index is 13.7. The van der Waals surface area contributed by atoms with Gasteiger partial charge < -0.3 is 15.4 Å². The smallest absolute Gasteiger partial charge is 0.312 e. The lowest BCUT2D eigenvalue weighted by molar-refractivity contribution is -0.672. The molecule has 9 heteroatoms. The van der Waals surface area contributed by atoms with E-state index in [1.165, 1.54) is 11.6 Å². The highest BCUT2D eigenvalue weighted by atomic mass is 32.1. The first-order valence-electron chi connectivity index (χ1n) is 11.7. The van der Waals surface area contributed by atoms with Crippen molar-refractivity contribution < 1.29 is 23.9 Å². The van der Waals surface area contributed by atoms with Crippen molar-refractivity contribution in [3.63, 3.8) is 0 Å². The van der Waals surface area contributed by atoms with Crippen molar-refractivity contribution in [2.75, 3.05) is 5.73 Å². The average Bonchev–Trinajstić information content (AvgIpc) is 3.42. The Morgan fingerprint density at radius 1 is 1.08 bits per heavy atom. The molecule has 3 aromatic heterocycles. The third-order valence-electron chi connectivity index (χ3n) is 6.37. The van der Waals surface area contributed by atoms with Crippen LogP contribution in [0.15, 0.2) is 53.1 Å². The summed E-state index contributed by atoms with van der Waals surface area (Å²) in [4.78, 5) is 31.7. The van der Waals surface area contributed by atoms with Crippen molar-refractivity contribution in [3.05, 3.63) is 81.5 Å². The number of anilines is 1. The van der Waals surface area contributed by atoms with Crippen molar-refractivity contribution in [3.8, 4) is 22.8 Å². The van der Waals surface area contributed by atoms with E-state index in [1.807, 2.05) is 43.3 Å². The molecule has 0 radical (unpaired) electrons. The van der Waals surface area contributed by atoms with Crippen molar-refractivity contribution in [2.45, 2.75) is 34.1 Å². The number of carbonyl (C=O) groups is 2. The van der Waals surface area contributed by atoms with Crippen LogP contribution in [0, 0.1) is 13.8 Å². The third-order valence-corrected chi connectivity index (χ3v) is 7.47. The van der Waals surface area contributed by atoms with Crippen LogP contribution in [0.3, 0.4) is 0 Å². The van der Waals surface area contributed by atoms with Gasteiger partial charge in [0.2, 0.25) is 5.69 Å². The minimum Gasteiger partial charge on any atom is -0.539 e. The zero-order chi connectivity index (χ0) is 26.4. The summed E-state index contributed by atoms with van der Waals surface area (Å²) in [5.41, 5.74) is 11.6. The molecule has 0 atom stereocenters. The van der Waals surface area contributed by atoms with E-state index in [2.05, 4.69) is 17.2 Å². The molecule has 0 aliphatic carbocycles. The van der Waals surface area contributed by atoms with Crippen LogP contribution in [0.5, 0.6) is 5.95 Å². The number of Topliss-reactive ketones (excluding diaryl/α,β-unsaturated/α-hetero) is 1. The van der Waals surface area contributed by atoms with Crippen molar-refractivity contribution >= 4 is 38.8 Å². The number of rotatable bonds is 6. The van der Waals surface area contributed by atoms with Crippen LogP contribution >= 0.6 is 11.3 Å². The van der Waals surface area contributed by atoms with E-state index in [4.69, 9.17) is 10.3 Å². The topological polar surface area (TPSA) is 126 Å². The van der Waals surface area contributed by atoms with Gasteiger partial charge >= 0.3 is 5.69 Å². The van der Waals surface area contributed by atoms with Crippen LogP contribution in [0.4, 0.5) is 5.69 Å². The number of hydrogen-bond donors (Lipinski definition) is 1. The van der Waals surface area contributed by atoms with Gasteiger partial charge in [-0.3, -0.25) is 9.59 Å². The fourth-order valence-electron chi connectivity index (χ4n) is 4.47. The van der Waals surface area contributed by atoms with Crippen LogP contribution in [0.25, 0.3) is 27.0 Å². The van der Waals surface area contributed by atoms with Gasteiger partial charge in [-0.1, -0.05) is 48.9 Å². The minimum absolute atomic E-state index is 0.134. The maximum Gasteiger partial charge on any atom is 0.312 e. The first-order chi connectivity index (χ1) is 17.7. The number of aromatic nitrogens is 3. The summed E-state index contributed by atoms with van der Waals surface area (Å²) in [6.45, 7) is 7.24. The number of aryl methyl sites for hydroxylation is 3. The predicted octanol–water partition coefficient (Wildman–Crippen LogP) is 4.50. The summed E-state index contributed by atoms with van der Waals surface area (Å²) in [6.07, 6.45) is 0.876. The Kier molecular flexibility index (Phi) is 6.08. The Balaban J connectivity index is 1.74. The van der Waals surface area contributed by atoms with Gasteiger partial charge in [0, 0.05) is 28.6 Å². The van der Waals surface area contributed by atoms with Gasteiger partial charge in [-0.2, -0.15) is 0 Å². The Morgan fingerprint density at radius 3 is 2.38 bits per heavy atom. The lowest BCUT2D eigenvalue weighted by Gasteiger charge is -2.13. The lowest BCUT2D eigenvalue weighted by Crippen LogP contribution is -2.39. The molecule has 0 amide bonds. The standard InChI is InChI=1S/C28H24N4O4S/c1-5-17-8-10-18(11-9-17)21-20(16(4)33)15(3)30-27-22(21)23(29)26(37-27)25(34)24-28(35)36-31-32(24)19-12-6-14(2)7-13-19/h6-13H,5H2,1-4H3,(H2-,29,31,34,35). The highest BCUT2D eigenvalue weighted by molar-refractivity contribution is 7.21. The number of nitrogens with zero attached hydrogens (tertiary/aromatic N) is 3. The van der Waals surface area contributed by atoms with E-state index in [-0.39, 0.29) is 22.0 Å². The summed E-state index contributed by atoms with van der Waals surface area (Å²) >= 11 is 1.08. The summed E-state index contributed by atoms with van der Waals surface area (Å²) < 4.78 is 6.04. The number of thiophene rings is 1. The van der Waals surface area contributed by atoms with Crippen LogP contribution in [-0.4, -0.2) is 21.8 Å². The predicted molar refractivity (Wildman–Crippen MR) is 139 cm³/mol. The zero-order valence-electron chi connectivity index (χ0n) is 20.8. The second-order valence-electron chi connectivity index (χ2n) is 8.86. The molecule has 5 rings (SSSR count). The van der Waals surface area contributed by atoms with E-state index in [1.54, 1.807) is 19.1 Å². The normalized spacial score (nSPS) is 11.2. The zero-order valence-corrected chi connectivity index (χ0v) is 21.6. The van der Waals surface area contributed by atoms with Crippen LogP contribution in [-0.2, 0) is 6.42 Å². The molecule has 0 aliphatic heterocycles. The van der Waals surface area contributed by atoms with Gasteiger partial charge in [0.05, 0.1) is 16.7 Å². The van der Waals surface area contributed by atoms with Gasteiger partial charge in [-0.25, -0.2) is 4.98 Å². The molecule has 2 aromatic carbocycles. The molecule has 0 fully saturated rings. The fraction of sp³-hybridized carbons (Fsp3) is 0.179. The molecule has 186 valence electrons. The molecule has 0 saturated heterocycles. The molecule has 5 aromatic rings. The quantitative estimate of drug-likeness (QED) is 0.262. The number of nitrogens with two attached hydrogens (primary N) is 1. The molecule has 0 bridgehead atoms. The Labute approximate surface area is 217 Å². The number of nitrogen functional groups attached to an aromatic ring is 1. The first kappa shape index (κ1) is 24.3. The average molecular weight is 513 g/mol. The number of pyridine rings is 1. The molecule has 0 spiro atoms. The van der Waals surface area contributed by atoms with E-state index >= 15 is 0 Å². The fourth-order valence-corrected chi connectivity index (χ4v) is 5.56.